The second kappa shape index (κ2) is 8.13. The van der Waals surface area contributed by atoms with Gasteiger partial charge in [0, 0.05) is 43.8 Å². The van der Waals surface area contributed by atoms with Gasteiger partial charge in [0.1, 0.15) is 0 Å². The van der Waals surface area contributed by atoms with Crippen molar-refractivity contribution in [1.29, 1.82) is 0 Å². The third-order valence-electron chi connectivity index (χ3n) is 4.20. The number of carbonyl (C=O) groups is 1. The maximum absolute atomic E-state index is 12.3. The number of nitrogens with zero attached hydrogens (tertiary/aromatic N) is 2. The Bertz CT molecular complexity index is 707. The van der Waals surface area contributed by atoms with E-state index >= 15 is 0 Å². The van der Waals surface area contributed by atoms with Crippen molar-refractivity contribution in [2.45, 2.75) is 6.54 Å². The molecule has 0 unspecified atom stereocenters. The average molecular weight is 341 g/mol. The normalized spacial score (nSPS) is 15.8. The topological polar surface area (TPSA) is 23.6 Å². The van der Waals surface area contributed by atoms with Crippen LogP contribution in [0.5, 0.6) is 0 Å². The summed E-state index contributed by atoms with van der Waals surface area (Å²) in [6.07, 6.45) is 3.46. The van der Waals surface area contributed by atoms with Crippen molar-refractivity contribution in [2.75, 3.05) is 26.2 Å². The Morgan fingerprint density at radius 2 is 1.75 bits per heavy atom. The standard InChI is InChI=1S/C20H21ClN2O/c21-19-8-4-7-17(15-19)9-10-20(24)23-13-11-22(12-14-23)16-18-5-2-1-3-6-18/h1-10,15H,11-14,16H2/b10-9+. The summed E-state index contributed by atoms with van der Waals surface area (Å²) in [5.41, 5.74) is 2.26. The van der Waals surface area contributed by atoms with Gasteiger partial charge >= 0.3 is 0 Å². The van der Waals surface area contributed by atoms with Gasteiger partial charge in [-0.15, -0.1) is 0 Å². The van der Waals surface area contributed by atoms with Crippen LogP contribution in [-0.2, 0) is 11.3 Å². The molecule has 4 heteroatoms. The van der Waals surface area contributed by atoms with Gasteiger partial charge in [0.05, 0.1) is 0 Å². The molecule has 1 saturated heterocycles. The summed E-state index contributed by atoms with van der Waals surface area (Å²) in [6.45, 7) is 4.30. The Morgan fingerprint density at radius 1 is 1.00 bits per heavy atom. The van der Waals surface area contributed by atoms with E-state index in [0.717, 1.165) is 38.3 Å². The van der Waals surface area contributed by atoms with Crippen LogP contribution in [0.2, 0.25) is 5.02 Å². The second-order valence-corrected chi connectivity index (χ2v) is 6.41. The van der Waals surface area contributed by atoms with E-state index in [-0.39, 0.29) is 5.91 Å². The fourth-order valence-electron chi connectivity index (χ4n) is 2.85. The van der Waals surface area contributed by atoms with Crippen LogP contribution in [0, 0.1) is 0 Å². The molecule has 0 spiro atoms. The van der Waals surface area contributed by atoms with Crippen LogP contribution in [0.4, 0.5) is 0 Å². The fourth-order valence-corrected chi connectivity index (χ4v) is 3.05. The van der Waals surface area contributed by atoms with Crippen LogP contribution in [0.15, 0.2) is 60.7 Å². The first-order valence-corrected chi connectivity index (χ1v) is 8.57. The molecule has 1 fully saturated rings. The van der Waals surface area contributed by atoms with Gasteiger partial charge in [-0.1, -0.05) is 54.1 Å². The molecule has 0 N–H and O–H groups in total. The van der Waals surface area contributed by atoms with E-state index in [9.17, 15) is 4.79 Å². The lowest BCUT2D eigenvalue weighted by Crippen LogP contribution is -2.47. The Hall–Kier alpha value is -2.10. The highest BCUT2D eigenvalue weighted by Gasteiger charge is 2.19. The molecule has 3 rings (SSSR count). The lowest BCUT2D eigenvalue weighted by Gasteiger charge is -2.34. The van der Waals surface area contributed by atoms with Crippen LogP contribution in [0.1, 0.15) is 11.1 Å². The van der Waals surface area contributed by atoms with Crippen LogP contribution < -0.4 is 0 Å². The highest BCUT2D eigenvalue weighted by atomic mass is 35.5. The molecule has 2 aromatic carbocycles. The van der Waals surface area contributed by atoms with Crippen LogP contribution in [0.3, 0.4) is 0 Å². The Balaban J connectivity index is 1.50. The number of hydrogen-bond donors (Lipinski definition) is 0. The molecule has 2 aromatic rings. The summed E-state index contributed by atoms with van der Waals surface area (Å²) in [7, 11) is 0. The maximum Gasteiger partial charge on any atom is 0.246 e. The second-order valence-electron chi connectivity index (χ2n) is 5.98. The van der Waals surface area contributed by atoms with E-state index in [4.69, 9.17) is 11.6 Å². The fraction of sp³-hybridized carbons (Fsp3) is 0.250. The number of hydrogen-bond acceptors (Lipinski definition) is 2. The van der Waals surface area contributed by atoms with Gasteiger partial charge in [0.25, 0.3) is 0 Å². The molecule has 1 heterocycles. The molecule has 0 aromatic heterocycles. The van der Waals surface area contributed by atoms with Gasteiger partial charge in [-0.2, -0.15) is 0 Å². The monoisotopic (exact) mass is 340 g/mol. The minimum absolute atomic E-state index is 0.0642. The molecule has 0 bridgehead atoms. The molecule has 0 saturated carbocycles. The minimum Gasteiger partial charge on any atom is -0.337 e. The summed E-state index contributed by atoms with van der Waals surface area (Å²) in [4.78, 5) is 16.6. The summed E-state index contributed by atoms with van der Waals surface area (Å²) < 4.78 is 0. The Labute approximate surface area is 148 Å². The van der Waals surface area contributed by atoms with Crippen molar-refractivity contribution in [3.8, 4) is 0 Å². The number of piperazine rings is 1. The molecule has 24 heavy (non-hydrogen) atoms. The van der Waals surface area contributed by atoms with Gasteiger partial charge in [0.2, 0.25) is 5.91 Å². The zero-order valence-corrected chi connectivity index (χ0v) is 14.3. The van der Waals surface area contributed by atoms with Crippen molar-refractivity contribution >= 4 is 23.6 Å². The molecule has 0 atom stereocenters. The molecule has 1 aliphatic rings. The predicted octanol–water partition coefficient (Wildman–Crippen LogP) is 3.70. The van der Waals surface area contributed by atoms with E-state index in [1.54, 1.807) is 6.08 Å². The Kier molecular flexibility index (Phi) is 5.68. The Morgan fingerprint density at radius 3 is 2.46 bits per heavy atom. The van der Waals surface area contributed by atoms with Gasteiger partial charge in [-0.25, -0.2) is 0 Å². The van der Waals surface area contributed by atoms with Crippen molar-refractivity contribution < 1.29 is 4.79 Å². The van der Waals surface area contributed by atoms with E-state index in [1.807, 2.05) is 41.3 Å². The average Bonchev–Trinajstić information content (AvgIpc) is 2.61. The summed E-state index contributed by atoms with van der Waals surface area (Å²) in [5.74, 6) is 0.0642. The first kappa shape index (κ1) is 16.7. The third-order valence-corrected chi connectivity index (χ3v) is 4.44. The highest BCUT2D eigenvalue weighted by molar-refractivity contribution is 6.30. The maximum atomic E-state index is 12.3. The largest absolute Gasteiger partial charge is 0.337 e. The van der Waals surface area contributed by atoms with Crippen molar-refractivity contribution in [1.82, 2.24) is 9.80 Å². The smallest absolute Gasteiger partial charge is 0.246 e. The zero-order valence-electron chi connectivity index (χ0n) is 13.6. The van der Waals surface area contributed by atoms with E-state index in [1.165, 1.54) is 5.56 Å². The van der Waals surface area contributed by atoms with Gasteiger partial charge in [-0.05, 0) is 29.3 Å². The lowest BCUT2D eigenvalue weighted by molar-refractivity contribution is -0.127. The van der Waals surface area contributed by atoms with E-state index in [2.05, 4.69) is 29.2 Å². The number of carbonyl (C=O) groups excluding carboxylic acids is 1. The van der Waals surface area contributed by atoms with E-state index < -0.39 is 0 Å². The van der Waals surface area contributed by atoms with Crippen molar-refractivity contribution in [3.63, 3.8) is 0 Å². The molecule has 3 nitrogen and oxygen atoms in total. The molecule has 0 aliphatic carbocycles. The van der Waals surface area contributed by atoms with Crippen molar-refractivity contribution in [2.24, 2.45) is 0 Å². The first-order chi connectivity index (χ1) is 11.7. The summed E-state index contributed by atoms with van der Waals surface area (Å²) in [6, 6.07) is 18.0. The van der Waals surface area contributed by atoms with E-state index in [0.29, 0.717) is 5.02 Å². The van der Waals surface area contributed by atoms with Crippen LogP contribution >= 0.6 is 11.6 Å². The van der Waals surface area contributed by atoms with Crippen molar-refractivity contribution in [3.05, 3.63) is 76.8 Å². The number of benzene rings is 2. The van der Waals surface area contributed by atoms with Crippen LogP contribution in [-0.4, -0.2) is 41.9 Å². The van der Waals surface area contributed by atoms with Gasteiger partial charge < -0.3 is 4.90 Å². The zero-order chi connectivity index (χ0) is 16.8. The molecular formula is C20H21ClN2O. The highest BCUT2D eigenvalue weighted by Crippen LogP contribution is 2.13. The molecule has 124 valence electrons. The number of amides is 1. The number of halogens is 1. The SMILES string of the molecule is O=C(/C=C/c1cccc(Cl)c1)N1CCN(Cc2ccccc2)CC1. The van der Waals surface area contributed by atoms with Gasteiger partial charge in [0.15, 0.2) is 0 Å². The quantitative estimate of drug-likeness (QED) is 0.792. The summed E-state index contributed by atoms with van der Waals surface area (Å²) >= 11 is 5.96. The van der Waals surface area contributed by atoms with Crippen LogP contribution in [0.25, 0.3) is 6.08 Å². The third kappa shape index (κ3) is 4.70. The molecule has 1 amide bonds. The van der Waals surface area contributed by atoms with Gasteiger partial charge in [-0.3, -0.25) is 9.69 Å². The predicted molar refractivity (Wildman–Crippen MR) is 98.8 cm³/mol. The minimum atomic E-state index is 0.0642. The molecular weight excluding hydrogens is 320 g/mol. The lowest BCUT2D eigenvalue weighted by atomic mass is 10.2. The molecule has 0 radical (unpaired) electrons. The summed E-state index contributed by atoms with van der Waals surface area (Å²) in [5, 5.41) is 0.680. The molecule has 1 aliphatic heterocycles. The first-order valence-electron chi connectivity index (χ1n) is 8.19. The number of rotatable bonds is 4.